The van der Waals surface area contributed by atoms with Gasteiger partial charge < -0.3 is 20.3 Å². The molecule has 2 atom stereocenters. The highest BCUT2D eigenvalue weighted by atomic mass is 35.5. The number of anilines is 2. The average Bonchev–Trinajstić information content (AvgIpc) is 3.56. The Morgan fingerprint density at radius 3 is 2.62 bits per heavy atom. The maximum Gasteiger partial charge on any atom is 0.306 e. The fraction of sp³-hybridized carbons (Fsp3) is 0.536. The molecule has 2 aliphatic rings. The van der Waals surface area contributed by atoms with Crippen LogP contribution < -0.4 is 15.5 Å². The Balaban J connectivity index is 1.40. The SMILES string of the molecule is CCOC(=O)CCC(=O)Nc1cc(C2CCC(CNC(=O)c3ccc(Cl)s3)C2)ccc1N1CCCCC1. The highest BCUT2D eigenvalue weighted by molar-refractivity contribution is 7.18. The van der Waals surface area contributed by atoms with Gasteiger partial charge >= 0.3 is 5.97 Å². The third-order valence-corrected chi connectivity index (χ3v) is 8.44. The minimum atomic E-state index is -0.353. The highest BCUT2D eigenvalue weighted by Crippen LogP contribution is 2.41. The second-order valence-corrected chi connectivity index (χ2v) is 11.6. The van der Waals surface area contributed by atoms with Crippen LogP contribution in [-0.4, -0.2) is 44.0 Å². The zero-order chi connectivity index (χ0) is 26.2. The molecule has 1 saturated heterocycles. The van der Waals surface area contributed by atoms with E-state index >= 15 is 0 Å². The Bertz CT molecular complexity index is 1100. The van der Waals surface area contributed by atoms with Gasteiger partial charge in [0.25, 0.3) is 5.91 Å². The first-order valence-corrected chi connectivity index (χ1v) is 14.5. The number of thiophene rings is 1. The number of carbonyl (C=O) groups is 3. The normalized spacial score (nSPS) is 19.5. The van der Waals surface area contributed by atoms with E-state index in [1.807, 2.05) is 0 Å². The number of hydrogen-bond donors (Lipinski definition) is 2. The van der Waals surface area contributed by atoms with Crippen molar-refractivity contribution in [2.45, 2.75) is 64.2 Å². The van der Waals surface area contributed by atoms with Crippen molar-refractivity contribution in [2.24, 2.45) is 5.92 Å². The van der Waals surface area contributed by atoms with Crippen molar-refractivity contribution >= 4 is 52.1 Å². The maximum absolute atomic E-state index is 12.7. The summed E-state index contributed by atoms with van der Waals surface area (Å²) in [5.41, 5.74) is 3.07. The molecule has 4 rings (SSSR count). The van der Waals surface area contributed by atoms with Crippen molar-refractivity contribution in [1.82, 2.24) is 5.32 Å². The van der Waals surface area contributed by atoms with Crippen molar-refractivity contribution in [3.8, 4) is 0 Å². The molecule has 1 aromatic heterocycles. The van der Waals surface area contributed by atoms with Gasteiger partial charge in [0.05, 0.1) is 33.6 Å². The highest BCUT2D eigenvalue weighted by Gasteiger charge is 2.28. The summed E-state index contributed by atoms with van der Waals surface area (Å²) >= 11 is 7.25. The summed E-state index contributed by atoms with van der Waals surface area (Å²) in [6.07, 6.45) is 6.78. The number of esters is 1. The molecule has 2 N–H and O–H groups in total. The number of piperidine rings is 1. The van der Waals surface area contributed by atoms with E-state index in [2.05, 4.69) is 33.7 Å². The summed E-state index contributed by atoms with van der Waals surface area (Å²) in [4.78, 5) is 39.8. The molecule has 2 amide bonds. The van der Waals surface area contributed by atoms with E-state index in [-0.39, 0.29) is 30.6 Å². The molecular weight excluding hydrogens is 510 g/mol. The minimum absolute atomic E-state index is 0.0703. The molecule has 2 unspecified atom stereocenters. The fourth-order valence-electron chi connectivity index (χ4n) is 5.30. The largest absolute Gasteiger partial charge is 0.466 e. The zero-order valence-corrected chi connectivity index (χ0v) is 23.0. The van der Waals surface area contributed by atoms with Crippen LogP contribution in [0.15, 0.2) is 30.3 Å². The van der Waals surface area contributed by atoms with Gasteiger partial charge in [0.2, 0.25) is 5.91 Å². The Labute approximate surface area is 227 Å². The van der Waals surface area contributed by atoms with Gasteiger partial charge in [0, 0.05) is 26.1 Å². The number of benzene rings is 1. The van der Waals surface area contributed by atoms with E-state index in [1.165, 1.54) is 23.3 Å². The molecule has 1 aliphatic heterocycles. The van der Waals surface area contributed by atoms with Crippen molar-refractivity contribution < 1.29 is 19.1 Å². The lowest BCUT2D eigenvalue weighted by molar-refractivity contribution is -0.144. The van der Waals surface area contributed by atoms with Crippen LogP contribution in [0, 0.1) is 5.92 Å². The Kier molecular flexibility index (Phi) is 9.86. The quantitative estimate of drug-likeness (QED) is 0.358. The number of nitrogens with one attached hydrogen (secondary N) is 2. The zero-order valence-electron chi connectivity index (χ0n) is 21.4. The molecule has 2 heterocycles. The fourth-order valence-corrected chi connectivity index (χ4v) is 6.26. The first-order valence-electron chi connectivity index (χ1n) is 13.3. The molecule has 2 aromatic rings. The predicted octanol–water partition coefficient (Wildman–Crippen LogP) is 5.99. The molecular formula is C28H36ClN3O4S. The summed E-state index contributed by atoms with van der Waals surface area (Å²) in [7, 11) is 0. The first kappa shape index (κ1) is 27.5. The van der Waals surface area contributed by atoms with Crippen LogP contribution in [0.5, 0.6) is 0 Å². The molecule has 0 spiro atoms. The van der Waals surface area contributed by atoms with E-state index in [1.54, 1.807) is 19.1 Å². The van der Waals surface area contributed by atoms with Gasteiger partial charge in [-0.15, -0.1) is 11.3 Å². The molecule has 7 nitrogen and oxygen atoms in total. The number of amides is 2. The molecule has 0 radical (unpaired) electrons. The van der Waals surface area contributed by atoms with Gasteiger partial charge in [-0.2, -0.15) is 0 Å². The van der Waals surface area contributed by atoms with Crippen molar-refractivity contribution in [3.63, 3.8) is 0 Å². The Hall–Kier alpha value is -2.58. The van der Waals surface area contributed by atoms with Crippen LogP contribution in [0.25, 0.3) is 0 Å². The van der Waals surface area contributed by atoms with E-state index in [9.17, 15) is 14.4 Å². The number of carbonyl (C=O) groups excluding carboxylic acids is 3. The molecule has 200 valence electrons. The second-order valence-electron chi connectivity index (χ2n) is 9.87. The lowest BCUT2D eigenvalue weighted by atomic mass is 9.95. The molecule has 1 aliphatic carbocycles. The number of halogens is 1. The minimum Gasteiger partial charge on any atom is -0.466 e. The smallest absolute Gasteiger partial charge is 0.306 e. The third kappa shape index (κ3) is 7.71. The lowest BCUT2D eigenvalue weighted by Crippen LogP contribution is -2.30. The van der Waals surface area contributed by atoms with Crippen LogP contribution in [0.2, 0.25) is 4.34 Å². The van der Waals surface area contributed by atoms with E-state index in [4.69, 9.17) is 16.3 Å². The van der Waals surface area contributed by atoms with Crippen molar-refractivity contribution in [2.75, 3.05) is 36.5 Å². The van der Waals surface area contributed by atoms with E-state index < -0.39 is 0 Å². The predicted molar refractivity (Wildman–Crippen MR) is 149 cm³/mol. The van der Waals surface area contributed by atoms with Crippen LogP contribution in [0.3, 0.4) is 0 Å². The summed E-state index contributed by atoms with van der Waals surface area (Å²) in [5, 5.41) is 6.14. The van der Waals surface area contributed by atoms with Crippen molar-refractivity contribution in [3.05, 3.63) is 45.1 Å². The van der Waals surface area contributed by atoms with Crippen LogP contribution in [0.4, 0.5) is 11.4 Å². The summed E-state index contributed by atoms with van der Waals surface area (Å²) in [6, 6.07) is 9.94. The Morgan fingerprint density at radius 1 is 1.08 bits per heavy atom. The van der Waals surface area contributed by atoms with Gasteiger partial charge in [0.1, 0.15) is 0 Å². The Morgan fingerprint density at radius 2 is 1.89 bits per heavy atom. The number of hydrogen-bond acceptors (Lipinski definition) is 6. The summed E-state index contributed by atoms with van der Waals surface area (Å²) in [6.45, 7) is 4.68. The van der Waals surface area contributed by atoms with Crippen LogP contribution in [0.1, 0.15) is 79.4 Å². The number of nitrogens with zero attached hydrogens (tertiary/aromatic N) is 1. The molecule has 0 bridgehead atoms. The van der Waals surface area contributed by atoms with Gasteiger partial charge in [-0.25, -0.2) is 0 Å². The van der Waals surface area contributed by atoms with Gasteiger partial charge in [0.15, 0.2) is 0 Å². The standard InChI is InChI=1S/C28H36ClN3O4S/c1-2-36-27(34)13-12-26(33)31-22-17-21(8-9-23(22)32-14-4-3-5-15-32)20-7-6-19(16-20)18-30-28(35)24-10-11-25(29)37-24/h8-11,17,19-20H,2-7,12-16,18H2,1H3,(H,30,35)(H,31,33). The first-order chi connectivity index (χ1) is 17.9. The van der Waals surface area contributed by atoms with E-state index in [0.29, 0.717) is 34.2 Å². The van der Waals surface area contributed by atoms with Gasteiger partial charge in [-0.3, -0.25) is 14.4 Å². The lowest BCUT2D eigenvalue weighted by Gasteiger charge is -2.31. The monoisotopic (exact) mass is 545 g/mol. The molecule has 1 aromatic carbocycles. The second kappa shape index (κ2) is 13.3. The van der Waals surface area contributed by atoms with Crippen LogP contribution in [-0.2, 0) is 14.3 Å². The summed E-state index contributed by atoms with van der Waals surface area (Å²) in [5.74, 6) is 0.189. The molecule has 2 fully saturated rings. The van der Waals surface area contributed by atoms with Crippen LogP contribution >= 0.6 is 22.9 Å². The third-order valence-electron chi connectivity index (χ3n) is 7.21. The average molecular weight is 546 g/mol. The molecule has 37 heavy (non-hydrogen) atoms. The number of ether oxygens (including phenoxy) is 1. The maximum atomic E-state index is 12.7. The number of rotatable bonds is 10. The molecule has 1 saturated carbocycles. The summed E-state index contributed by atoms with van der Waals surface area (Å²) < 4.78 is 5.57. The topological polar surface area (TPSA) is 87.7 Å². The van der Waals surface area contributed by atoms with Gasteiger partial charge in [-0.05, 0) is 87.1 Å². The van der Waals surface area contributed by atoms with Gasteiger partial charge in [-0.1, -0.05) is 17.7 Å². The van der Waals surface area contributed by atoms with E-state index in [0.717, 1.165) is 56.6 Å². The van der Waals surface area contributed by atoms with Crippen molar-refractivity contribution in [1.29, 1.82) is 0 Å². The molecule has 9 heteroatoms.